The normalized spacial score (nSPS) is 12.4. The van der Waals surface area contributed by atoms with Crippen LogP contribution in [0.25, 0.3) is 0 Å². The smallest absolute Gasteiger partial charge is 0.250 e. The van der Waals surface area contributed by atoms with Gasteiger partial charge in [0.1, 0.15) is 11.6 Å². The SMILES string of the molecule is COc1ccc(C(CC(=O)N=c2sccn2Cc2ccccc2F)NC(C)=O)cc1. The molecule has 0 aliphatic carbocycles. The van der Waals surface area contributed by atoms with Crippen LogP contribution in [0.15, 0.2) is 65.1 Å². The van der Waals surface area contributed by atoms with E-state index in [0.29, 0.717) is 16.1 Å². The monoisotopic (exact) mass is 427 g/mol. The first-order valence-corrected chi connectivity index (χ1v) is 10.2. The van der Waals surface area contributed by atoms with E-state index in [4.69, 9.17) is 4.74 Å². The van der Waals surface area contributed by atoms with Crippen molar-refractivity contribution in [2.75, 3.05) is 7.11 Å². The molecule has 0 aliphatic rings. The summed E-state index contributed by atoms with van der Waals surface area (Å²) >= 11 is 1.29. The van der Waals surface area contributed by atoms with E-state index < -0.39 is 6.04 Å². The van der Waals surface area contributed by atoms with Crippen LogP contribution in [0.1, 0.15) is 30.5 Å². The molecule has 0 spiro atoms. The molecule has 3 aromatic rings. The second-order valence-electron chi connectivity index (χ2n) is 6.64. The number of methoxy groups -OCH3 is 1. The lowest BCUT2D eigenvalue weighted by Crippen LogP contribution is -2.28. The van der Waals surface area contributed by atoms with Gasteiger partial charge in [-0.1, -0.05) is 30.3 Å². The van der Waals surface area contributed by atoms with Gasteiger partial charge in [0.25, 0.3) is 5.91 Å². The molecular formula is C22H22FN3O3S. The van der Waals surface area contributed by atoms with E-state index in [0.717, 1.165) is 5.56 Å². The number of amides is 2. The van der Waals surface area contributed by atoms with Crippen molar-refractivity contribution in [3.05, 3.63) is 81.9 Å². The highest BCUT2D eigenvalue weighted by atomic mass is 32.1. The molecule has 2 amide bonds. The molecule has 0 saturated carbocycles. The van der Waals surface area contributed by atoms with Crippen LogP contribution in [-0.4, -0.2) is 23.5 Å². The van der Waals surface area contributed by atoms with Gasteiger partial charge in [-0.25, -0.2) is 4.39 Å². The average molecular weight is 428 g/mol. The number of halogens is 1. The summed E-state index contributed by atoms with van der Waals surface area (Å²) in [5.41, 5.74) is 1.29. The van der Waals surface area contributed by atoms with Crippen molar-refractivity contribution in [1.29, 1.82) is 0 Å². The molecule has 1 heterocycles. The quantitative estimate of drug-likeness (QED) is 0.628. The zero-order valence-corrected chi connectivity index (χ0v) is 17.5. The molecule has 0 radical (unpaired) electrons. The second kappa shape index (κ2) is 9.98. The lowest BCUT2D eigenvalue weighted by atomic mass is 10.0. The molecule has 30 heavy (non-hydrogen) atoms. The molecule has 0 aliphatic heterocycles. The Bertz CT molecular complexity index is 1090. The lowest BCUT2D eigenvalue weighted by molar-refractivity contribution is -0.121. The number of carbonyl (C=O) groups is 2. The molecule has 0 saturated heterocycles. The fourth-order valence-electron chi connectivity index (χ4n) is 2.98. The third kappa shape index (κ3) is 5.64. The molecule has 1 aromatic heterocycles. The van der Waals surface area contributed by atoms with E-state index in [9.17, 15) is 14.0 Å². The first-order valence-electron chi connectivity index (χ1n) is 9.32. The third-order valence-corrected chi connectivity index (χ3v) is 5.25. The van der Waals surface area contributed by atoms with Crippen molar-refractivity contribution in [2.45, 2.75) is 25.9 Å². The standard InChI is InChI=1S/C22H22FN3O3S/c1-15(27)24-20(16-7-9-18(29-2)10-8-16)13-21(28)25-22-26(11-12-30-22)14-17-5-3-4-6-19(17)23/h3-12,20H,13-14H2,1-2H3,(H,24,27). The molecule has 3 rings (SSSR count). The number of nitrogens with one attached hydrogen (secondary N) is 1. The third-order valence-electron chi connectivity index (χ3n) is 4.45. The van der Waals surface area contributed by atoms with Crippen molar-refractivity contribution < 1.29 is 18.7 Å². The predicted octanol–water partition coefficient (Wildman–Crippen LogP) is 3.44. The maximum atomic E-state index is 14.0. The van der Waals surface area contributed by atoms with E-state index in [1.807, 2.05) is 0 Å². The summed E-state index contributed by atoms with van der Waals surface area (Å²) in [6.07, 6.45) is 1.77. The lowest BCUT2D eigenvalue weighted by Gasteiger charge is -2.17. The minimum absolute atomic E-state index is 0.00348. The van der Waals surface area contributed by atoms with Gasteiger partial charge in [-0.3, -0.25) is 9.59 Å². The zero-order valence-electron chi connectivity index (χ0n) is 16.7. The van der Waals surface area contributed by atoms with Crippen molar-refractivity contribution >= 4 is 23.2 Å². The zero-order chi connectivity index (χ0) is 21.5. The van der Waals surface area contributed by atoms with Gasteiger partial charge in [-0.15, -0.1) is 11.3 Å². The molecule has 2 aromatic carbocycles. The summed E-state index contributed by atoms with van der Waals surface area (Å²) < 4.78 is 20.8. The second-order valence-corrected chi connectivity index (χ2v) is 7.51. The summed E-state index contributed by atoms with van der Waals surface area (Å²) in [6, 6.07) is 13.1. The van der Waals surface area contributed by atoms with Gasteiger partial charge in [-0.2, -0.15) is 4.99 Å². The number of thiazole rings is 1. The molecule has 0 bridgehead atoms. The maximum absolute atomic E-state index is 14.0. The summed E-state index contributed by atoms with van der Waals surface area (Å²) in [6.45, 7) is 1.68. The molecule has 6 nitrogen and oxygen atoms in total. The summed E-state index contributed by atoms with van der Waals surface area (Å²) in [5, 5.41) is 4.59. The fraction of sp³-hybridized carbons (Fsp3) is 0.227. The first-order chi connectivity index (χ1) is 14.5. The van der Waals surface area contributed by atoms with Gasteiger partial charge in [-0.05, 0) is 23.8 Å². The van der Waals surface area contributed by atoms with Gasteiger partial charge >= 0.3 is 0 Å². The average Bonchev–Trinajstić information content (AvgIpc) is 3.15. The Kier molecular flexibility index (Phi) is 7.13. The number of carbonyl (C=O) groups excluding carboxylic acids is 2. The van der Waals surface area contributed by atoms with Crippen LogP contribution < -0.4 is 14.9 Å². The Labute approximate surface area is 177 Å². The number of aromatic nitrogens is 1. The summed E-state index contributed by atoms with van der Waals surface area (Å²) in [5.74, 6) is -0.244. The number of benzene rings is 2. The largest absolute Gasteiger partial charge is 0.497 e. The van der Waals surface area contributed by atoms with E-state index >= 15 is 0 Å². The Balaban J connectivity index is 1.79. The van der Waals surface area contributed by atoms with E-state index in [1.165, 1.54) is 24.3 Å². The van der Waals surface area contributed by atoms with Gasteiger partial charge < -0.3 is 14.6 Å². The summed E-state index contributed by atoms with van der Waals surface area (Å²) in [7, 11) is 1.57. The van der Waals surface area contributed by atoms with Crippen LogP contribution in [0.3, 0.4) is 0 Å². The van der Waals surface area contributed by atoms with Crippen molar-refractivity contribution in [3.8, 4) is 5.75 Å². The van der Waals surface area contributed by atoms with E-state index in [-0.39, 0.29) is 30.6 Å². The fourth-order valence-corrected chi connectivity index (χ4v) is 3.72. The molecular weight excluding hydrogens is 405 g/mol. The van der Waals surface area contributed by atoms with Crippen LogP contribution in [0.4, 0.5) is 4.39 Å². The number of nitrogens with zero attached hydrogens (tertiary/aromatic N) is 2. The minimum atomic E-state index is -0.510. The molecule has 1 N–H and O–H groups in total. The van der Waals surface area contributed by atoms with Crippen LogP contribution >= 0.6 is 11.3 Å². The molecule has 156 valence electrons. The molecule has 8 heteroatoms. The van der Waals surface area contributed by atoms with Crippen molar-refractivity contribution in [1.82, 2.24) is 9.88 Å². The highest BCUT2D eigenvalue weighted by Crippen LogP contribution is 2.21. The predicted molar refractivity (Wildman–Crippen MR) is 113 cm³/mol. The van der Waals surface area contributed by atoms with Crippen molar-refractivity contribution in [3.63, 3.8) is 0 Å². The number of hydrogen-bond acceptors (Lipinski definition) is 4. The van der Waals surface area contributed by atoms with E-state index in [2.05, 4.69) is 10.3 Å². The Hall–Kier alpha value is -3.26. The maximum Gasteiger partial charge on any atom is 0.250 e. The van der Waals surface area contributed by atoms with Crippen LogP contribution in [-0.2, 0) is 16.1 Å². The van der Waals surface area contributed by atoms with Crippen molar-refractivity contribution in [2.24, 2.45) is 4.99 Å². The van der Waals surface area contributed by atoms with Gasteiger partial charge in [0.2, 0.25) is 5.91 Å². The number of rotatable bonds is 7. The van der Waals surface area contributed by atoms with Crippen LogP contribution in [0.2, 0.25) is 0 Å². The first kappa shape index (κ1) is 21.4. The molecule has 1 atom stereocenters. The minimum Gasteiger partial charge on any atom is -0.497 e. The highest BCUT2D eigenvalue weighted by molar-refractivity contribution is 7.07. The van der Waals surface area contributed by atoms with Crippen LogP contribution in [0.5, 0.6) is 5.75 Å². The molecule has 1 unspecified atom stereocenters. The van der Waals surface area contributed by atoms with Crippen LogP contribution in [0, 0.1) is 5.82 Å². The van der Waals surface area contributed by atoms with Gasteiger partial charge in [0.05, 0.1) is 26.1 Å². The molecule has 0 fully saturated rings. The number of ether oxygens (including phenoxy) is 1. The highest BCUT2D eigenvalue weighted by Gasteiger charge is 2.17. The summed E-state index contributed by atoms with van der Waals surface area (Å²) in [4.78, 5) is 28.9. The Morgan fingerprint density at radius 3 is 2.60 bits per heavy atom. The van der Waals surface area contributed by atoms with Gasteiger partial charge in [0, 0.05) is 24.1 Å². The van der Waals surface area contributed by atoms with E-state index in [1.54, 1.807) is 65.7 Å². The Morgan fingerprint density at radius 2 is 1.93 bits per heavy atom. The number of hydrogen-bond donors (Lipinski definition) is 1. The Morgan fingerprint density at radius 1 is 1.20 bits per heavy atom. The van der Waals surface area contributed by atoms with Gasteiger partial charge in [0.15, 0.2) is 4.80 Å². The topological polar surface area (TPSA) is 72.7 Å².